The van der Waals surface area contributed by atoms with Gasteiger partial charge in [0.1, 0.15) is 0 Å². The van der Waals surface area contributed by atoms with Gasteiger partial charge in [0, 0.05) is 23.9 Å². The van der Waals surface area contributed by atoms with E-state index in [1.807, 2.05) is 0 Å². The molecule has 1 saturated carbocycles. The van der Waals surface area contributed by atoms with Crippen molar-refractivity contribution in [1.29, 1.82) is 0 Å². The lowest BCUT2D eigenvalue weighted by atomic mass is 10.0. The Hall–Kier alpha value is 0.0969. The van der Waals surface area contributed by atoms with Gasteiger partial charge in [0.05, 0.1) is 0 Å². The summed E-state index contributed by atoms with van der Waals surface area (Å²) < 4.78 is 19.2. The fraction of sp³-hybridized carbons (Fsp3) is 1.00. The van der Waals surface area contributed by atoms with Gasteiger partial charge in [-0.25, -0.2) is 0 Å². The third-order valence-corrected chi connectivity index (χ3v) is 7.78. The van der Waals surface area contributed by atoms with Gasteiger partial charge in [-0.3, -0.25) is 0 Å². The second kappa shape index (κ2) is 9.28. The molecule has 4 heteroatoms. The van der Waals surface area contributed by atoms with Crippen molar-refractivity contribution < 1.29 is 13.3 Å². The molecule has 0 bridgehead atoms. The topological polar surface area (TPSA) is 27.7 Å². The van der Waals surface area contributed by atoms with E-state index in [1.165, 1.54) is 44.9 Å². The van der Waals surface area contributed by atoms with Crippen LogP contribution in [0.15, 0.2) is 0 Å². The van der Waals surface area contributed by atoms with Crippen LogP contribution >= 0.6 is 0 Å². The van der Waals surface area contributed by atoms with E-state index in [4.69, 9.17) is 13.3 Å². The molecule has 0 spiro atoms. The number of hydrogen-bond donors (Lipinski definition) is 0. The summed E-state index contributed by atoms with van der Waals surface area (Å²) in [4.78, 5) is 0. The lowest BCUT2D eigenvalue weighted by molar-refractivity contribution is -0.00721. The fourth-order valence-electron chi connectivity index (χ4n) is 3.17. The summed E-state index contributed by atoms with van der Waals surface area (Å²) in [6.45, 7) is 12.6. The molecule has 1 aliphatic carbocycles. The van der Waals surface area contributed by atoms with E-state index in [-0.39, 0.29) is 18.3 Å². The molecule has 126 valence electrons. The average Bonchev–Trinajstić information content (AvgIpc) is 2.23. The van der Waals surface area contributed by atoms with Crippen LogP contribution < -0.4 is 0 Å². The Morgan fingerprint density at radius 2 is 0.952 bits per heavy atom. The van der Waals surface area contributed by atoms with E-state index in [0.717, 1.165) is 0 Å². The predicted molar refractivity (Wildman–Crippen MR) is 90.5 cm³/mol. The second-order valence-corrected chi connectivity index (χ2v) is 9.88. The van der Waals surface area contributed by atoms with Crippen molar-refractivity contribution in [1.82, 2.24) is 0 Å². The van der Waals surface area contributed by atoms with Crippen molar-refractivity contribution >= 4 is 8.80 Å². The molecule has 0 aromatic carbocycles. The summed E-state index contributed by atoms with van der Waals surface area (Å²) in [7, 11) is -2.64. The minimum atomic E-state index is -2.64. The molecule has 0 atom stereocenters. The maximum atomic E-state index is 6.39. The van der Waals surface area contributed by atoms with Crippen molar-refractivity contribution in [2.45, 2.75) is 110 Å². The Morgan fingerprint density at radius 3 is 1.29 bits per heavy atom. The second-order valence-electron chi connectivity index (χ2n) is 7.15. The van der Waals surface area contributed by atoms with Crippen LogP contribution in [-0.4, -0.2) is 27.1 Å². The highest BCUT2D eigenvalue weighted by Crippen LogP contribution is 2.39. The standard InChI is InChI=1S/C17H36O3Si/c1-14(2)18-21(19-15(3)4,20-16(5)6)17-12-10-8-7-9-11-13-17/h14-17H,7-13H2,1-6H3. The van der Waals surface area contributed by atoms with E-state index in [0.29, 0.717) is 5.54 Å². The SMILES string of the molecule is CC(C)O[Si](OC(C)C)(OC(C)C)C1CCCCCCC1. The maximum Gasteiger partial charge on any atom is 0.504 e. The van der Waals surface area contributed by atoms with Gasteiger partial charge < -0.3 is 13.3 Å². The predicted octanol–water partition coefficient (Wildman–Crippen LogP) is 5.31. The summed E-state index contributed by atoms with van der Waals surface area (Å²) in [5.41, 5.74) is 0.463. The van der Waals surface area contributed by atoms with Crippen molar-refractivity contribution in [3.63, 3.8) is 0 Å². The third-order valence-electron chi connectivity index (χ3n) is 3.81. The molecule has 21 heavy (non-hydrogen) atoms. The van der Waals surface area contributed by atoms with E-state index >= 15 is 0 Å². The Bertz CT molecular complexity index is 245. The van der Waals surface area contributed by atoms with Crippen molar-refractivity contribution in [3.8, 4) is 0 Å². The Balaban J connectivity index is 2.97. The van der Waals surface area contributed by atoms with Gasteiger partial charge in [-0.2, -0.15) is 0 Å². The van der Waals surface area contributed by atoms with Crippen LogP contribution in [0, 0.1) is 0 Å². The van der Waals surface area contributed by atoms with Gasteiger partial charge in [0.15, 0.2) is 0 Å². The number of hydrogen-bond acceptors (Lipinski definition) is 3. The van der Waals surface area contributed by atoms with E-state index in [9.17, 15) is 0 Å². The molecule has 3 nitrogen and oxygen atoms in total. The van der Waals surface area contributed by atoms with Crippen LogP contribution in [0.25, 0.3) is 0 Å². The molecule has 1 aliphatic rings. The van der Waals surface area contributed by atoms with E-state index < -0.39 is 8.80 Å². The summed E-state index contributed by atoms with van der Waals surface area (Å²) in [6.07, 6.45) is 9.46. The lowest BCUT2D eigenvalue weighted by Crippen LogP contribution is -2.54. The van der Waals surface area contributed by atoms with Crippen LogP contribution in [-0.2, 0) is 13.3 Å². The fourth-order valence-corrected chi connectivity index (χ4v) is 7.00. The monoisotopic (exact) mass is 316 g/mol. The van der Waals surface area contributed by atoms with Gasteiger partial charge in [0.25, 0.3) is 0 Å². The molecule has 0 aromatic rings. The first-order valence-corrected chi connectivity index (χ1v) is 10.7. The van der Waals surface area contributed by atoms with Crippen LogP contribution in [0.4, 0.5) is 0 Å². The molecule has 0 saturated heterocycles. The molecule has 0 radical (unpaired) electrons. The molecule has 0 unspecified atom stereocenters. The molecular formula is C17H36O3Si. The summed E-state index contributed by atoms with van der Waals surface area (Å²) in [5, 5.41) is 0. The van der Waals surface area contributed by atoms with Crippen molar-refractivity contribution in [3.05, 3.63) is 0 Å². The average molecular weight is 317 g/mol. The molecule has 1 fully saturated rings. The van der Waals surface area contributed by atoms with Crippen molar-refractivity contribution in [2.24, 2.45) is 0 Å². The molecule has 0 heterocycles. The summed E-state index contributed by atoms with van der Waals surface area (Å²) in [5.74, 6) is 0. The normalized spacial score (nSPS) is 19.3. The first kappa shape index (κ1) is 19.1. The van der Waals surface area contributed by atoms with Crippen LogP contribution in [0.5, 0.6) is 0 Å². The minimum absolute atomic E-state index is 0.152. The first-order valence-electron chi connectivity index (χ1n) is 8.89. The molecular weight excluding hydrogens is 280 g/mol. The van der Waals surface area contributed by atoms with Gasteiger partial charge in [-0.15, -0.1) is 0 Å². The molecule has 0 aliphatic heterocycles. The Morgan fingerprint density at radius 1 is 0.619 bits per heavy atom. The summed E-state index contributed by atoms with van der Waals surface area (Å²) >= 11 is 0. The molecule has 0 aromatic heterocycles. The highest BCUT2D eigenvalue weighted by molar-refractivity contribution is 6.62. The van der Waals surface area contributed by atoms with Gasteiger partial charge in [0.2, 0.25) is 0 Å². The number of rotatable bonds is 7. The zero-order valence-electron chi connectivity index (χ0n) is 15.0. The van der Waals surface area contributed by atoms with Crippen LogP contribution in [0.1, 0.15) is 86.5 Å². The van der Waals surface area contributed by atoms with Crippen LogP contribution in [0.2, 0.25) is 5.54 Å². The van der Waals surface area contributed by atoms with Crippen LogP contribution in [0.3, 0.4) is 0 Å². The Kier molecular flexibility index (Phi) is 8.46. The first-order chi connectivity index (χ1) is 9.85. The highest BCUT2D eigenvalue weighted by atomic mass is 28.4. The molecule has 1 rings (SSSR count). The minimum Gasteiger partial charge on any atom is -0.371 e. The van der Waals surface area contributed by atoms with E-state index in [2.05, 4.69) is 41.5 Å². The maximum absolute atomic E-state index is 6.39. The largest absolute Gasteiger partial charge is 0.504 e. The molecule has 0 amide bonds. The lowest BCUT2D eigenvalue weighted by Gasteiger charge is -2.40. The zero-order valence-corrected chi connectivity index (χ0v) is 16.0. The van der Waals surface area contributed by atoms with Gasteiger partial charge >= 0.3 is 8.80 Å². The van der Waals surface area contributed by atoms with Crippen molar-refractivity contribution in [2.75, 3.05) is 0 Å². The smallest absolute Gasteiger partial charge is 0.371 e. The molecule has 0 N–H and O–H groups in total. The summed E-state index contributed by atoms with van der Waals surface area (Å²) in [6, 6.07) is 0. The quantitative estimate of drug-likeness (QED) is 0.595. The van der Waals surface area contributed by atoms with Gasteiger partial charge in [-0.05, 0) is 54.4 Å². The Labute approximate surface area is 133 Å². The van der Waals surface area contributed by atoms with E-state index in [1.54, 1.807) is 0 Å². The van der Waals surface area contributed by atoms with Gasteiger partial charge in [-0.1, -0.05) is 32.1 Å². The third kappa shape index (κ3) is 6.81. The highest BCUT2D eigenvalue weighted by Gasteiger charge is 2.51. The zero-order chi connectivity index (χ0) is 15.9.